The smallest absolute Gasteiger partial charge is 0.247 e. The van der Waals surface area contributed by atoms with E-state index < -0.39 is 0 Å². The highest BCUT2D eigenvalue weighted by molar-refractivity contribution is 6.36. The van der Waals surface area contributed by atoms with Crippen LogP contribution in [-0.2, 0) is 0 Å². The number of hydrogen-bond acceptors (Lipinski definition) is 9. The Balaban J connectivity index is 1.55. The Kier molecular flexibility index (Phi) is 5.17. The Morgan fingerprint density at radius 1 is 1.19 bits per heavy atom. The molecule has 1 aliphatic heterocycles. The van der Waals surface area contributed by atoms with E-state index >= 15 is 0 Å². The number of nitrogens with zero attached hydrogens (tertiary/aromatic N) is 7. The second kappa shape index (κ2) is 8.15. The van der Waals surface area contributed by atoms with Gasteiger partial charge in [-0.3, -0.25) is 0 Å². The van der Waals surface area contributed by atoms with Crippen LogP contribution in [0.1, 0.15) is 36.9 Å². The molecule has 0 radical (unpaired) electrons. The van der Waals surface area contributed by atoms with Crippen LogP contribution in [0.15, 0.2) is 18.3 Å². The van der Waals surface area contributed by atoms with Gasteiger partial charge in [0.15, 0.2) is 17.2 Å². The zero-order valence-electron chi connectivity index (χ0n) is 17.2. The van der Waals surface area contributed by atoms with Crippen LogP contribution in [0.4, 0.5) is 23.1 Å². The number of anilines is 4. The summed E-state index contributed by atoms with van der Waals surface area (Å²) in [5, 5.41) is 30.4. The predicted molar refractivity (Wildman–Crippen MR) is 121 cm³/mol. The fourth-order valence-electron chi connectivity index (χ4n) is 3.87. The summed E-state index contributed by atoms with van der Waals surface area (Å²) in [6, 6.07) is 8.12. The first-order valence-corrected chi connectivity index (χ1v) is 10.9. The van der Waals surface area contributed by atoms with E-state index in [0.717, 1.165) is 37.9 Å². The van der Waals surface area contributed by atoms with Crippen LogP contribution in [-0.4, -0.2) is 44.8 Å². The van der Waals surface area contributed by atoms with Crippen molar-refractivity contribution in [1.82, 2.24) is 19.6 Å². The first-order valence-electron chi connectivity index (χ1n) is 10.5. The number of fused-ring (bicyclic) bond motifs is 1. The van der Waals surface area contributed by atoms with Gasteiger partial charge in [-0.05, 0) is 37.8 Å². The SMILES string of the molecule is N#Cc1cc(Nc2nc(NC3CC3)c3ncc(C#N)n3n2)c(Cl)c(N2CCC[C@@H](N)C2)c1. The molecule has 1 saturated heterocycles. The molecule has 0 unspecified atom stereocenters. The molecule has 0 amide bonds. The van der Waals surface area contributed by atoms with E-state index in [2.05, 4.69) is 42.7 Å². The average molecular weight is 449 g/mol. The van der Waals surface area contributed by atoms with Crippen molar-refractivity contribution in [3.05, 3.63) is 34.6 Å². The maximum atomic E-state index is 9.57. The summed E-state index contributed by atoms with van der Waals surface area (Å²) in [5.41, 5.74) is 8.65. The molecule has 162 valence electrons. The van der Waals surface area contributed by atoms with Crippen molar-refractivity contribution < 1.29 is 0 Å². The van der Waals surface area contributed by atoms with Crippen LogP contribution in [0.25, 0.3) is 5.65 Å². The Labute approximate surface area is 189 Å². The van der Waals surface area contributed by atoms with Gasteiger partial charge in [-0.2, -0.15) is 20.0 Å². The monoisotopic (exact) mass is 448 g/mol. The molecule has 3 aromatic rings. The van der Waals surface area contributed by atoms with Gasteiger partial charge in [-0.25, -0.2) is 4.98 Å². The third-order valence-corrected chi connectivity index (χ3v) is 6.02. The molecule has 5 rings (SSSR count). The molecule has 10 nitrogen and oxygen atoms in total. The highest BCUT2D eigenvalue weighted by Gasteiger charge is 2.25. The minimum absolute atomic E-state index is 0.0643. The molecule has 1 aliphatic carbocycles. The van der Waals surface area contributed by atoms with Gasteiger partial charge < -0.3 is 21.3 Å². The van der Waals surface area contributed by atoms with Gasteiger partial charge >= 0.3 is 0 Å². The Bertz CT molecular complexity index is 1270. The summed E-state index contributed by atoms with van der Waals surface area (Å²) in [7, 11) is 0. The molecule has 1 atom stereocenters. The third-order valence-electron chi connectivity index (χ3n) is 5.62. The summed E-state index contributed by atoms with van der Waals surface area (Å²) in [5.74, 6) is 0.787. The lowest BCUT2D eigenvalue weighted by molar-refractivity contribution is 0.506. The van der Waals surface area contributed by atoms with E-state index in [1.54, 1.807) is 12.1 Å². The molecule has 4 N–H and O–H groups in total. The standard InChI is InChI=1S/C21H21ClN10/c22-18-16(6-12(8-23)7-17(18)31-5-1-2-13(25)11-31)28-21-29-19(27-14-3-4-14)20-26-10-15(9-24)32(20)30-21/h6-7,10,13-14H,1-5,11,25H2,(H2,27,28,29,30)/t13-/m1/s1. The van der Waals surface area contributed by atoms with Gasteiger partial charge in [-0.1, -0.05) is 11.6 Å². The zero-order valence-corrected chi connectivity index (χ0v) is 18.0. The number of nitrogens with one attached hydrogen (secondary N) is 2. The Hall–Kier alpha value is -3.60. The molecular weight excluding hydrogens is 428 g/mol. The molecule has 2 aromatic heterocycles. The summed E-state index contributed by atoms with van der Waals surface area (Å²) in [6.07, 6.45) is 5.51. The molecule has 32 heavy (non-hydrogen) atoms. The maximum Gasteiger partial charge on any atom is 0.247 e. The quantitative estimate of drug-likeness (QED) is 0.536. The van der Waals surface area contributed by atoms with E-state index in [4.69, 9.17) is 17.3 Å². The molecule has 0 bridgehead atoms. The summed E-state index contributed by atoms with van der Waals surface area (Å²) < 4.78 is 1.45. The number of imidazole rings is 1. The maximum absolute atomic E-state index is 9.57. The fourth-order valence-corrected chi connectivity index (χ4v) is 4.15. The van der Waals surface area contributed by atoms with Crippen LogP contribution < -0.4 is 21.3 Å². The van der Waals surface area contributed by atoms with E-state index in [0.29, 0.717) is 46.0 Å². The predicted octanol–water partition coefficient (Wildman–Crippen LogP) is 2.77. The molecule has 1 aromatic carbocycles. The van der Waals surface area contributed by atoms with Crippen LogP contribution in [0, 0.1) is 22.7 Å². The van der Waals surface area contributed by atoms with E-state index in [-0.39, 0.29) is 12.0 Å². The number of nitrogens with two attached hydrogens (primary N) is 1. The van der Waals surface area contributed by atoms with Crippen molar-refractivity contribution in [2.24, 2.45) is 5.73 Å². The second-order valence-electron chi connectivity index (χ2n) is 8.14. The van der Waals surface area contributed by atoms with Crippen molar-refractivity contribution in [3.63, 3.8) is 0 Å². The van der Waals surface area contributed by atoms with Crippen LogP contribution in [0.3, 0.4) is 0 Å². The first-order chi connectivity index (χ1) is 15.6. The van der Waals surface area contributed by atoms with Crippen LogP contribution in [0.2, 0.25) is 5.02 Å². The summed E-state index contributed by atoms with van der Waals surface area (Å²) in [6.45, 7) is 1.49. The third kappa shape index (κ3) is 3.86. The van der Waals surface area contributed by atoms with Crippen LogP contribution in [0.5, 0.6) is 0 Å². The number of hydrogen-bond donors (Lipinski definition) is 3. The van der Waals surface area contributed by atoms with Crippen molar-refractivity contribution in [2.45, 2.75) is 37.8 Å². The van der Waals surface area contributed by atoms with Gasteiger partial charge in [0.2, 0.25) is 5.95 Å². The lowest BCUT2D eigenvalue weighted by atomic mass is 10.0. The molecule has 11 heteroatoms. The number of halogens is 1. The minimum atomic E-state index is 0.0643. The average Bonchev–Trinajstić information content (AvgIpc) is 3.51. The van der Waals surface area contributed by atoms with Crippen molar-refractivity contribution in [2.75, 3.05) is 28.6 Å². The number of rotatable bonds is 5. The molecule has 2 fully saturated rings. The molecule has 1 saturated carbocycles. The molecular formula is C21H21ClN10. The Morgan fingerprint density at radius 2 is 2.03 bits per heavy atom. The van der Waals surface area contributed by atoms with Crippen molar-refractivity contribution in [3.8, 4) is 12.1 Å². The van der Waals surface area contributed by atoms with Gasteiger partial charge in [-0.15, -0.1) is 5.10 Å². The zero-order chi connectivity index (χ0) is 22.2. The fraction of sp³-hybridized carbons (Fsp3) is 0.381. The largest absolute Gasteiger partial charge is 0.369 e. The second-order valence-corrected chi connectivity index (χ2v) is 8.51. The first kappa shape index (κ1) is 20.3. The highest BCUT2D eigenvalue weighted by atomic mass is 35.5. The van der Waals surface area contributed by atoms with Gasteiger partial charge in [0.25, 0.3) is 0 Å². The van der Waals surface area contributed by atoms with Gasteiger partial charge in [0, 0.05) is 25.2 Å². The molecule has 0 spiro atoms. The summed E-state index contributed by atoms with van der Waals surface area (Å²) in [4.78, 5) is 11.0. The highest BCUT2D eigenvalue weighted by Crippen LogP contribution is 2.37. The lowest BCUT2D eigenvalue weighted by Crippen LogP contribution is -2.43. The van der Waals surface area contributed by atoms with E-state index in [1.807, 2.05) is 0 Å². The number of piperidine rings is 1. The number of aromatic nitrogens is 4. The van der Waals surface area contributed by atoms with E-state index in [1.165, 1.54) is 10.7 Å². The van der Waals surface area contributed by atoms with Crippen molar-refractivity contribution in [1.29, 1.82) is 10.5 Å². The minimum Gasteiger partial charge on any atom is -0.369 e. The molecule has 2 aliphatic rings. The Morgan fingerprint density at radius 3 is 2.75 bits per heavy atom. The molecule has 3 heterocycles. The number of benzene rings is 1. The van der Waals surface area contributed by atoms with Gasteiger partial charge in [0.05, 0.1) is 34.2 Å². The topological polar surface area (TPSA) is 144 Å². The van der Waals surface area contributed by atoms with Crippen LogP contribution >= 0.6 is 11.6 Å². The van der Waals surface area contributed by atoms with E-state index in [9.17, 15) is 10.5 Å². The lowest BCUT2D eigenvalue weighted by Gasteiger charge is -2.33. The van der Waals surface area contributed by atoms with Crippen molar-refractivity contribution >= 4 is 40.4 Å². The summed E-state index contributed by atoms with van der Waals surface area (Å²) >= 11 is 6.76. The van der Waals surface area contributed by atoms with Gasteiger partial charge in [0.1, 0.15) is 6.07 Å². The number of nitriles is 2. The normalized spacial score (nSPS) is 18.2.